The predicted molar refractivity (Wildman–Crippen MR) is 114 cm³/mol. The average molecular weight is 446 g/mol. The van der Waals surface area contributed by atoms with Gasteiger partial charge in [0.25, 0.3) is 11.8 Å². The largest absolute Gasteiger partial charge is 0.459 e. The van der Waals surface area contributed by atoms with Gasteiger partial charge in [0.1, 0.15) is 0 Å². The Morgan fingerprint density at radius 3 is 2.16 bits per heavy atom. The van der Waals surface area contributed by atoms with Gasteiger partial charge in [0.2, 0.25) is 10.0 Å². The molecule has 4 rings (SSSR count). The topological polar surface area (TPSA) is 91.1 Å². The standard InChI is InChI=1S/C22H27N3O5S/c1-17-4-2-10-25(16-17)31(28,29)19-8-6-18(7-9-19)21(26)23-11-13-24(14-12-23)22(27)20-5-3-15-30-20/h3,5-9,15,17H,2,4,10-14,16H2,1H3/t17-/m1/s1. The van der Waals surface area contributed by atoms with Gasteiger partial charge in [0.15, 0.2) is 5.76 Å². The van der Waals surface area contributed by atoms with Crippen LogP contribution in [0.3, 0.4) is 0 Å². The molecule has 2 aliphatic rings. The van der Waals surface area contributed by atoms with E-state index in [2.05, 4.69) is 6.92 Å². The molecule has 2 aromatic rings. The smallest absolute Gasteiger partial charge is 0.289 e. The number of benzene rings is 1. The summed E-state index contributed by atoms with van der Waals surface area (Å²) in [6.45, 7) is 4.80. The Hall–Kier alpha value is -2.65. The van der Waals surface area contributed by atoms with Crippen LogP contribution in [-0.2, 0) is 10.0 Å². The fourth-order valence-electron chi connectivity index (χ4n) is 4.13. The first kappa shape index (κ1) is 21.6. The average Bonchev–Trinajstić information content (AvgIpc) is 3.33. The van der Waals surface area contributed by atoms with Crippen LogP contribution in [0.15, 0.2) is 52.0 Å². The van der Waals surface area contributed by atoms with Crippen molar-refractivity contribution in [3.8, 4) is 0 Å². The third-order valence-electron chi connectivity index (χ3n) is 5.94. The number of rotatable bonds is 4. The summed E-state index contributed by atoms with van der Waals surface area (Å²) in [5.41, 5.74) is 0.441. The molecule has 1 atom stereocenters. The molecule has 31 heavy (non-hydrogen) atoms. The van der Waals surface area contributed by atoms with Gasteiger partial charge >= 0.3 is 0 Å². The zero-order chi connectivity index (χ0) is 22.0. The molecule has 2 saturated heterocycles. The van der Waals surface area contributed by atoms with Crippen LogP contribution in [0.5, 0.6) is 0 Å². The Balaban J connectivity index is 1.38. The number of hydrogen-bond donors (Lipinski definition) is 0. The van der Waals surface area contributed by atoms with Gasteiger partial charge in [-0.3, -0.25) is 9.59 Å². The zero-order valence-corrected chi connectivity index (χ0v) is 18.4. The SMILES string of the molecule is C[C@@H]1CCCN(S(=O)(=O)c2ccc(C(=O)N3CCN(C(=O)c4ccco4)CC3)cc2)C1. The van der Waals surface area contributed by atoms with Gasteiger partial charge in [-0.1, -0.05) is 6.92 Å². The van der Waals surface area contributed by atoms with E-state index >= 15 is 0 Å². The Morgan fingerprint density at radius 2 is 1.58 bits per heavy atom. The van der Waals surface area contributed by atoms with E-state index in [4.69, 9.17) is 4.42 Å². The molecule has 2 aliphatic heterocycles. The van der Waals surface area contributed by atoms with Crippen molar-refractivity contribution in [3.05, 3.63) is 54.0 Å². The second-order valence-electron chi connectivity index (χ2n) is 8.20. The highest BCUT2D eigenvalue weighted by atomic mass is 32.2. The molecule has 2 amide bonds. The van der Waals surface area contributed by atoms with Crippen LogP contribution in [0, 0.1) is 5.92 Å². The Morgan fingerprint density at radius 1 is 0.935 bits per heavy atom. The number of piperidine rings is 1. The fraction of sp³-hybridized carbons (Fsp3) is 0.455. The summed E-state index contributed by atoms with van der Waals surface area (Å²) in [4.78, 5) is 28.8. The third-order valence-corrected chi connectivity index (χ3v) is 7.82. The molecule has 0 bridgehead atoms. The number of amides is 2. The molecule has 1 aromatic heterocycles. The summed E-state index contributed by atoms with van der Waals surface area (Å²) in [6, 6.07) is 9.46. The van der Waals surface area contributed by atoms with Crippen molar-refractivity contribution in [1.29, 1.82) is 0 Å². The molecular formula is C22H27N3O5S. The minimum absolute atomic E-state index is 0.166. The van der Waals surface area contributed by atoms with E-state index in [9.17, 15) is 18.0 Å². The highest BCUT2D eigenvalue weighted by Crippen LogP contribution is 2.24. The molecule has 1 aromatic carbocycles. The Labute approximate surface area is 182 Å². The number of hydrogen-bond acceptors (Lipinski definition) is 5. The van der Waals surface area contributed by atoms with E-state index in [-0.39, 0.29) is 16.7 Å². The van der Waals surface area contributed by atoms with E-state index in [0.29, 0.717) is 56.5 Å². The van der Waals surface area contributed by atoms with E-state index < -0.39 is 10.0 Å². The van der Waals surface area contributed by atoms with Crippen LogP contribution in [0.25, 0.3) is 0 Å². The van der Waals surface area contributed by atoms with Gasteiger partial charge < -0.3 is 14.2 Å². The molecule has 0 spiro atoms. The lowest BCUT2D eigenvalue weighted by molar-refractivity contribution is 0.0518. The number of sulfonamides is 1. The molecule has 9 heteroatoms. The first-order valence-electron chi connectivity index (χ1n) is 10.6. The summed E-state index contributed by atoms with van der Waals surface area (Å²) < 4.78 is 32.5. The normalized spacial score (nSPS) is 20.6. The Bertz CT molecular complexity index is 1030. The minimum Gasteiger partial charge on any atom is -0.459 e. The monoisotopic (exact) mass is 445 g/mol. The third kappa shape index (κ3) is 4.52. The van der Waals surface area contributed by atoms with Crippen molar-refractivity contribution < 1.29 is 22.4 Å². The van der Waals surface area contributed by atoms with E-state index in [1.807, 2.05) is 0 Å². The lowest BCUT2D eigenvalue weighted by atomic mass is 10.0. The molecule has 0 N–H and O–H groups in total. The quantitative estimate of drug-likeness (QED) is 0.720. The van der Waals surface area contributed by atoms with Gasteiger partial charge in [0.05, 0.1) is 11.2 Å². The number of piperazine rings is 1. The lowest BCUT2D eigenvalue weighted by Crippen LogP contribution is -2.50. The van der Waals surface area contributed by atoms with Crippen LogP contribution >= 0.6 is 0 Å². The maximum Gasteiger partial charge on any atom is 0.289 e. The summed E-state index contributed by atoms with van der Waals surface area (Å²) in [5, 5.41) is 0. The maximum absolute atomic E-state index is 12.9. The fourth-order valence-corrected chi connectivity index (χ4v) is 5.73. The molecule has 0 unspecified atom stereocenters. The molecular weight excluding hydrogens is 418 g/mol. The highest BCUT2D eigenvalue weighted by Gasteiger charge is 2.30. The van der Waals surface area contributed by atoms with Gasteiger partial charge in [-0.15, -0.1) is 0 Å². The summed E-state index contributed by atoms with van der Waals surface area (Å²) >= 11 is 0. The van der Waals surface area contributed by atoms with Crippen molar-refractivity contribution in [1.82, 2.24) is 14.1 Å². The van der Waals surface area contributed by atoms with Gasteiger partial charge in [-0.25, -0.2) is 8.42 Å². The van der Waals surface area contributed by atoms with Gasteiger partial charge in [0, 0.05) is 44.8 Å². The van der Waals surface area contributed by atoms with Crippen molar-refractivity contribution in [2.45, 2.75) is 24.7 Å². The molecule has 166 valence electrons. The van der Waals surface area contributed by atoms with Crippen LogP contribution in [-0.4, -0.2) is 73.6 Å². The van der Waals surface area contributed by atoms with E-state index in [1.54, 1.807) is 34.1 Å². The zero-order valence-electron chi connectivity index (χ0n) is 17.6. The van der Waals surface area contributed by atoms with Crippen molar-refractivity contribution in [3.63, 3.8) is 0 Å². The highest BCUT2D eigenvalue weighted by molar-refractivity contribution is 7.89. The van der Waals surface area contributed by atoms with Crippen LogP contribution in [0.4, 0.5) is 0 Å². The van der Waals surface area contributed by atoms with Gasteiger partial charge in [-0.05, 0) is 55.2 Å². The van der Waals surface area contributed by atoms with E-state index in [1.165, 1.54) is 22.7 Å². The number of furan rings is 1. The summed E-state index contributed by atoms with van der Waals surface area (Å²) in [5.74, 6) is 0.293. The van der Waals surface area contributed by atoms with Gasteiger partial charge in [-0.2, -0.15) is 4.31 Å². The molecule has 8 nitrogen and oxygen atoms in total. The molecule has 0 aliphatic carbocycles. The minimum atomic E-state index is -3.55. The molecule has 3 heterocycles. The second-order valence-corrected chi connectivity index (χ2v) is 10.1. The van der Waals surface area contributed by atoms with Crippen LogP contribution in [0.1, 0.15) is 40.7 Å². The maximum atomic E-state index is 12.9. The van der Waals surface area contributed by atoms with Crippen molar-refractivity contribution in [2.24, 2.45) is 5.92 Å². The molecule has 2 fully saturated rings. The second kappa shape index (κ2) is 8.84. The number of nitrogens with zero attached hydrogens (tertiary/aromatic N) is 3. The van der Waals surface area contributed by atoms with Crippen molar-refractivity contribution in [2.75, 3.05) is 39.3 Å². The summed E-state index contributed by atoms with van der Waals surface area (Å²) in [7, 11) is -3.55. The predicted octanol–water partition coefficient (Wildman–Crippen LogP) is 2.30. The molecule has 0 radical (unpaired) electrons. The van der Waals surface area contributed by atoms with Crippen molar-refractivity contribution >= 4 is 21.8 Å². The first-order valence-corrected chi connectivity index (χ1v) is 12.0. The van der Waals surface area contributed by atoms with E-state index in [0.717, 1.165) is 12.8 Å². The lowest BCUT2D eigenvalue weighted by Gasteiger charge is -2.34. The van der Waals surface area contributed by atoms with Crippen LogP contribution in [0.2, 0.25) is 0 Å². The first-order chi connectivity index (χ1) is 14.9. The Kier molecular flexibility index (Phi) is 6.15. The van der Waals surface area contributed by atoms with Crippen LogP contribution < -0.4 is 0 Å². The summed E-state index contributed by atoms with van der Waals surface area (Å²) in [6.07, 6.45) is 3.37. The molecule has 0 saturated carbocycles. The number of carbonyl (C=O) groups excluding carboxylic acids is 2. The number of carbonyl (C=O) groups is 2.